The first-order chi connectivity index (χ1) is 8.47. The molecule has 2 heterocycles. The Morgan fingerprint density at radius 1 is 0.882 bits per heavy atom. The molecule has 84 valence electrons. The summed E-state index contributed by atoms with van der Waals surface area (Å²) in [6, 6.07) is 11.7. The quantitative estimate of drug-likeness (QED) is 0.687. The second-order valence-corrected chi connectivity index (χ2v) is 3.13. The molecule has 0 aliphatic heterocycles. The van der Waals surface area contributed by atoms with Crippen molar-refractivity contribution in [1.82, 2.24) is 25.4 Å². The number of rotatable bonds is 1. The van der Waals surface area contributed by atoms with Gasteiger partial charge in [0.05, 0.1) is 6.20 Å². The van der Waals surface area contributed by atoms with Crippen LogP contribution in [0, 0.1) is 0 Å². The highest BCUT2D eigenvalue weighted by molar-refractivity contribution is 5.56. The third-order valence-corrected chi connectivity index (χ3v) is 1.96. The molecule has 0 spiro atoms. The smallest absolute Gasteiger partial charge is 0.115 e. The number of nitrogens with one attached hydrogen (secondary N) is 1. The zero-order valence-electron chi connectivity index (χ0n) is 9.06. The first-order valence-electron chi connectivity index (χ1n) is 5.08. The molecule has 0 atom stereocenters. The summed E-state index contributed by atoms with van der Waals surface area (Å²) in [5.74, 6) is 0. The minimum absolute atomic E-state index is 0.880. The third kappa shape index (κ3) is 3.49. The van der Waals surface area contributed by atoms with Gasteiger partial charge in [-0.15, -0.1) is 0 Å². The number of aromatic amines is 1. The van der Waals surface area contributed by atoms with E-state index in [1.54, 1.807) is 24.7 Å². The minimum atomic E-state index is 0.880. The van der Waals surface area contributed by atoms with Gasteiger partial charge in [0.2, 0.25) is 0 Å². The van der Waals surface area contributed by atoms with Crippen LogP contribution in [0.3, 0.4) is 0 Å². The first kappa shape index (κ1) is 10.9. The number of benzene rings is 1. The summed E-state index contributed by atoms with van der Waals surface area (Å²) in [4.78, 5) is 7.35. The molecule has 3 rings (SSSR count). The van der Waals surface area contributed by atoms with Gasteiger partial charge in [-0.1, -0.05) is 30.3 Å². The van der Waals surface area contributed by atoms with E-state index < -0.39 is 0 Å². The van der Waals surface area contributed by atoms with Crippen molar-refractivity contribution in [3.05, 3.63) is 61.3 Å². The predicted octanol–water partition coefficient (Wildman–Crippen LogP) is 1.95. The van der Waals surface area contributed by atoms with Crippen LogP contribution in [0.15, 0.2) is 61.3 Å². The van der Waals surface area contributed by atoms with Gasteiger partial charge in [-0.3, -0.25) is 0 Å². The average Bonchev–Trinajstić information content (AvgIpc) is 2.96. The van der Waals surface area contributed by atoms with Crippen LogP contribution in [0.2, 0.25) is 0 Å². The molecule has 0 saturated carbocycles. The minimum Gasteiger partial charge on any atom is -0.245 e. The van der Waals surface area contributed by atoms with Crippen molar-refractivity contribution in [1.29, 1.82) is 0 Å². The lowest BCUT2D eigenvalue weighted by Gasteiger charge is -1.90. The standard InChI is InChI=1S/C8H7N3.C4H4N2/c1-2-4-7(5-3-1)8-6-9-11-10-8;1-2-5-4-6-3-1/h1-6H,(H,9,10,11);1-4H. The molecule has 5 heteroatoms. The Labute approximate surface area is 98.6 Å². The molecule has 0 amide bonds. The molecule has 5 nitrogen and oxygen atoms in total. The van der Waals surface area contributed by atoms with Crippen molar-refractivity contribution < 1.29 is 0 Å². The lowest BCUT2D eigenvalue weighted by Crippen LogP contribution is -1.75. The van der Waals surface area contributed by atoms with E-state index in [-0.39, 0.29) is 0 Å². The molecule has 0 radical (unpaired) electrons. The van der Waals surface area contributed by atoms with Gasteiger partial charge < -0.3 is 0 Å². The van der Waals surface area contributed by atoms with Crippen molar-refractivity contribution in [2.75, 3.05) is 0 Å². The van der Waals surface area contributed by atoms with Crippen LogP contribution < -0.4 is 0 Å². The number of H-pyrrole nitrogens is 1. The monoisotopic (exact) mass is 225 g/mol. The second kappa shape index (κ2) is 6.12. The Morgan fingerprint density at radius 3 is 2.12 bits per heavy atom. The maximum Gasteiger partial charge on any atom is 0.115 e. The molecule has 1 aromatic carbocycles. The topological polar surface area (TPSA) is 67.3 Å². The van der Waals surface area contributed by atoms with E-state index in [9.17, 15) is 0 Å². The summed E-state index contributed by atoms with van der Waals surface area (Å²) in [5.41, 5.74) is 1.96. The molecular formula is C12H11N5. The first-order valence-corrected chi connectivity index (χ1v) is 5.08. The van der Waals surface area contributed by atoms with Crippen molar-refractivity contribution >= 4 is 0 Å². The van der Waals surface area contributed by atoms with Gasteiger partial charge in [0.1, 0.15) is 12.0 Å². The molecule has 3 aromatic rings. The molecule has 0 unspecified atom stereocenters. The van der Waals surface area contributed by atoms with Gasteiger partial charge in [0.15, 0.2) is 0 Å². The van der Waals surface area contributed by atoms with Crippen molar-refractivity contribution in [3.63, 3.8) is 0 Å². The summed E-state index contributed by atoms with van der Waals surface area (Å²) >= 11 is 0. The van der Waals surface area contributed by atoms with Crippen molar-refractivity contribution in [2.45, 2.75) is 0 Å². The van der Waals surface area contributed by atoms with E-state index in [0.717, 1.165) is 11.3 Å². The maximum absolute atomic E-state index is 3.95. The van der Waals surface area contributed by atoms with Gasteiger partial charge in [0, 0.05) is 18.0 Å². The Kier molecular flexibility index (Phi) is 3.94. The van der Waals surface area contributed by atoms with E-state index in [1.165, 1.54) is 6.33 Å². The summed E-state index contributed by atoms with van der Waals surface area (Å²) in [6.07, 6.45) is 6.58. The fourth-order valence-corrected chi connectivity index (χ4v) is 1.20. The molecule has 0 fully saturated rings. The summed E-state index contributed by atoms with van der Waals surface area (Å²) in [7, 11) is 0. The Balaban J connectivity index is 0.000000153. The Hall–Kier alpha value is -2.56. The van der Waals surface area contributed by atoms with Gasteiger partial charge in [-0.05, 0) is 6.07 Å². The van der Waals surface area contributed by atoms with Crippen LogP contribution in [-0.2, 0) is 0 Å². The number of hydrogen-bond donors (Lipinski definition) is 1. The SMILES string of the molecule is c1ccc(-c2cn[nH]n2)cc1.c1cncnc1. The van der Waals surface area contributed by atoms with Crippen LogP contribution in [-0.4, -0.2) is 25.4 Å². The fraction of sp³-hybridized carbons (Fsp3) is 0. The highest BCUT2D eigenvalue weighted by Gasteiger charge is 1.96. The van der Waals surface area contributed by atoms with Gasteiger partial charge in [0.25, 0.3) is 0 Å². The number of hydrogen-bond acceptors (Lipinski definition) is 4. The van der Waals surface area contributed by atoms with E-state index in [1.807, 2.05) is 30.3 Å². The van der Waals surface area contributed by atoms with E-state index in [2.05, 4.69) is 25.4 Å². The lowest BCUT2D eigenvalue weighted by atomic mass is 10.2. The second-order valence-electron chi connectivity index (χ2n) is 3.13. The van der Waals surface area contributed by atoms with E-state index >= 15 is 0 Å². The van der Waals surface area contributed by atoms with E-state index in [0.29, 0.717) is 0 Å². The zero-order chi connectivity index (χ0) is 11.8. The molecule has 1 N–H and O–H groups in total. The van der Waals surface area contributed by atoms with Crippen LogP contribution in [0.5, 0.6) is 0 Å². The molecule has 17 heavy (non-hydrogen) atoms. The zero-order valence-corrected chi connectivity index (χ0v) is 9.06. The van der Waals surface area contributed by atoms with Crippen LogP contribution in [0.25, 0.3) is 11.3 Å². The molecule has 2 aromatic heterocycles. The van der Waals surface area contributed by atoms with Crippen LogP contribution in [0.1, 0.15) is 0 Å². The lowest BCUT2D eigenvalue weighted by molar-refractivity contribution is 0.942. The van der Waals surface area contributed by atoms with Crippen molar-refractivity contribution in [2.24, 2.45) is 0 Å². The van der Waals surface area contributed by atoms with Gasteiger partial charge in [-0.2, -0.15) is 15.4 Å². The predicted molar refractivity (Wildman–Crippen MR) is 63.9 cm³/mol. The van der Waals surface area contributed by atoms with Crippen molar-refractivity contribution in [3.8, 4) is 11.3 Å². The van der Waals surface area contributed by atoms with E-state index in [4.69, 9.17) is 0 Å². The fourth-order valence-electron chi connectivity index (χ4n) is 1.20. The third-order valence-electron chi connectivity index (χ3n) is 1.96. The summed E-state index contributed by atoms with van der Waals surface area (Å²) in [6.45, 7) is 0. The summed E-state index contributed by atoms with van der Waals surface area (Å²) in [5, 5.41) is 10.2. The Morgan fingerprint density at radius 2 is 1.65 bits per heavy atom. The van der Waals surface area contributed by atoms with Gasteiger partial charge in [-0.25, -0.2) is 9.97 Å². The maximum atomic E-state index is 3.95. The average molecular weight is 225 g/mol. The van der Waals surface area contributed by atoms with Crippen LogP contribution >= 0.6 is 0 Å². The molecule has 0 bridgehead atoms. The highest BCUT2D eigenvalue weighted by atomic mass is 15.3. The molecule has 0 aliphatic carbocycles. The molecular weight excluding hydrogens is 214 g/mol. The van der Waals surface area contributed by atoms with Gasteiger partial charge >= 0.3 is 0 Å². The largest absolute Gasteiger partial charge is 0.245 e. The van der Waals surface area contributed by atoms with Crippen LogP contribution in [0.4, 0.5) is 0 Å². The molecule has 0 saturated heterocycles. The number of nitrogens with zero attached hydrogens (tertiary/aromatic N) is 4. The highest BCUT2D eigenvalue weighted by Crippen LogP contribution is 2.12. The normalized spacial score (nSPS) is 9.18. The molecule has 0 aliphatic rings. The number of aromatic nitrogens is 5. The Bertz CT molecular complexity index is 480. The summed E-state index contributed by atoms with van der Waals surface area (Å²) < 4.78 is 0.